The number of anilines is 3. The van der Waals surface area contributed by atoms with Gasteiger partial charge in [-0.1, -0.05) is 35.3 Å². The Kier molecular flexibility index (Phi) is 6.95. The lowest BCUT2D eigenvalue weighted by Crippen LogP contribution is -2.32. The fourth-order valence-corrected chi connectivity index (χ4v) is 3.85. The quantitative estimate of drug-likeness (QED) is 0.431. The number of ether oxygens (including phenoxy) is 2. The first kappa shape index (κ1) is 24.1. The molecule has 3 aromatic carbocycles. The van der Waals surface area contributed by atoms with Crippen molar-refractivity contribution in [3.63, 3.8) is 0 Å². The Labute approximate surface area is 211 Å². The summed E-state index contributed by atoms with van der Waals surface area (Å²) in [6.07, 6.45) is 0. The number of nitrogens with zero attached hydrogens (tertiary/aromatic N) is 1. The van der Waals surface area contributed by atoms with Crippen molar-refractivity contribution in [2.75, 3.05) is 29.8 Å². The number of carbonyl (C=O) groups is 3. The first-order chi connectivity index (χ1) is 16.8. The lowest BCUT2D eigenvalue weighted by molar-refractivity contribution is -0.120. The molecule has 8 nitrogen and oxygen atoms in total. The largest absolute Gasteiger partial charge is 0.497 e. The van der Waals surface area contributed by atoms with E-state index in [1.807, 2.05) is 0 Å². The molecule has 1 heterocycles. The highest BCUT2D eigenvalue weighted by molar-refractivity contribution is 6.53. The number of halogens is 2. The Morgan fingerprint density at radius 3 is 2.31 bits per heavy atom. The van der Waals surface area contributed by atoms with Crippen LogP contribution in [0.15, 0.2) is 77.5 Å². The van der Waals surface area contributed by atoms with Crippen LogP contribution in [-0.2, 0) is 9.59 Å². The van der Waals surface area contributed by atoms with Gasteiger partial charge in [0.25, 0.3) is 17.7 Å². The molecule has 1 aliphatic rings. The predicted octanol–water partition coefficient (Wildman–Crippen LogP) is 5.05. The maximum Gasteiger partial charge on any atom is 0.283 e. The average molecular weight is 512 g/mol. The van der Waals surface area contributed by atoms with E-state index in [0.29, 0.717) is 27.7 Å². The summed E-state index contributed by atoms with van der Waals surface area (Å²) >= 11 is 12.2. The van der Waals surface area contributed by atoms with E-state index in [1.54, 1.807) is 54.6 Å². The van der Waals surface area contributed by atoms with Gasteiger partial charge in [0, 0.05) is 28.0 Å². The number of hydrogen-bond donors (Lipinski definition) is 2. The molecule has 178 valence electrons. The number of methoxy groups -OCH3 is 2. The zero-order valence-corrected chi connectivity index (χ0v) is 20.1. The van der Waals surface area contributed by atoms with Crippen LogP contribution >= 0.6 is 23.2 Å². The molecule has 1 aliphatic heterocycles. The van der Waals surface area contributed by atoms with Gasteiger partial charge in [0.2, 0.25) is 0 Å². The summed E-state index contributed by atoms with van der Waals surface area (Å²) in [6, 6.07) is 17.8. The molecule has 4 rings (SSSR count). The molecule has 35 heavy (non-hydrogen) atoms. The summed E-state index contributed by atoms with van der Waals surface area (Å²) in [5.74, 6) is -1.00. The van der Waals surface area contributed by atoms with Crippen LogP contribution < -0.4 is 25.0 Å². The molecule has 0 unspecified atom stereocenters. The molecule has 0 radical (unpaired) electrons. The number of imide groups is 1. The zero-order valence-electron chi connectivity index (χ0n) is 18.6. The van der Waals surface area contributed by atoms with Gasteiger partial charge in [0.15, 0.2) is 0 Å². The maximum absolute atomic E-state index is 13.2. The van der Waals surface area contributed by atoms with Crippen LogP contribution in [0.5, 0.6) is 11.5 Å². The monoisotopic (exact) mass is 511 g/mol. The van der Waals surface area contributed by atoms with E-state index in [0.717, 1.165) is 4.90 Å². The van der Waals surface area contributed by atoms with Gasteiger partial charge in [-0.3, -0.25) is 14.4 Å². The second-order valence-corrected chi connectivity index (χ2v) is 8.16. The van der Waals surface area contributed by atoms with Crippen LogP contribution in [0.3, 0.4) is 0 Å². The number of amides is 3. The normalized spacial score (nSPS) is 13.2. The molecule has 0 saturated heterocycles. The van der Waals surface area contributed by atoms with E-state index in [2.05, 4.69) is 10.6 Å². The van der Waals surface area contributed by atoms with Gasteiger partial charge in [0.1, 0.15) is 22.2 Å². The Bertz CT molecular complexity index is 1370. The van der Waals surface area contributed by atoms with E-state index in [-0.39, 0.29) is 28.1 Å². The standard InChI is InChI=1S/C25H19Cl2N3O5/c1-34-18-9-10-19(20(13-18)35-2)30-24(32)21(27)22(25(30)33)28-16-7-3-5-14(11-16)23(31)29-17-8-4-6-15(26)12-17/h3-13,28H,1-2H3,(H,29,31). The summed E-state index contributed by atoms with van der Waals surface area (Å²) in [7, 11) is 2.90. The smallest absolute Gasteiger partial charge is 0.283 e. The van der Waals surface area contributed by atoms with Crippen molar-refractivity contribution in [2.24, 2.45) is 0 Å². The third-order valence-electron chi connectivity index (χ3n) is 5.13. The van der Waals surface area contributed by atoms with Crippen molar-refractivity contribution in [1.29, 1.82) is 0 Å². The highest BCUT2D eigenvalue weighted by atomic mass is 35.5. The summed E-state index contributed by atoms with van der Waals surface area (Å²) < 4.78 is 10.5. The molecule has 0 bridgehead atoms. The van der Waals surface area contributed by atoms with Gasteiger partial charge in [0.05, 0.1) is 19.9 Å². The Morgan fingerprint density at radius 2 is 1.60 bits per heavy atom. The van der Waals surface area contributed by atoms with Crippen LogP contribution in [-0.4, -0.2) is 31.9 Å². The van der Waals surface area contributed by atoms with E-state index in [1.165, 1.54) is 26.4 Å². The molecular weight excluding hydrogens is 493 g/mol. The fourth-order valence-electron chi connectivity index (χ4n) is 3.45. The van der Waals surface area contributed by atoms with Crippen LogP contribution in [0.25, 0.3) is 0 Å². The fraction of sp³-hybridized carbons (Fsp3) is 0.0800. The van der Waals surface area contributed by atoms with Crippen LogP contribution in [0.4, 0.5) is 17.1 Å². The highest BCUT2D eigenvalue weighted by Gasteiger charge is 2.40. The number of benzene rings is 3. The summed E-state index contributed by atoms with van der Waals surface area (Å²) in [5.41, 5.74) is 1.33. The minimum absolute atomic E-state index is 0.123. The molecule has 0 saturated carbocycles. The molecule has 0 atom stereocenters. The van der Waals surface area contributed by atoms with Crippen LogP contribution in [0.1, 0.15) is 10.4 Å². The first-order valence-electron chi connectivity index (χ1n) is 10.3. The minimum atomic E-state index is -0.711. The molecule has 3 aromatic rings. The van der Waals surface area contributed by atoms with E-state index in [9.17, 15) is 14.4 Å². The van der Waals surface area contributed by atoms with Gasteiger partial charge in [-0.25, -0.2) is 4.90 Å². The summed E-state index contributed by atoms with van der Waals surface area (Å²) in [5, 5.41) is 5.82. The summed E-state index contributed by atoms with van der Waals surface area (Å²) in [6.45, 7) is 0. The van der Waals surface area contributed by atoms with Gasteiger partial charge in [-0.15, -0.1) is 0 Å². The second kappa shape index (κ2) is 10.1. The van der Waals surface area contributed by atoms with Crippen molar-refractivity contribution in [3.05, 3.63) is 88.0 Å². The second-order valence-electron chi connectivity index (χ2n) is 7.34. The molecule has 10 heteroatoms. The van der Waals surface area contributed by atoms with Crippen molar-refractivity contribution in [1.82, 2.24) is 0 Å². The number of carbonyl (C=O) groups excluding carboxylic acids is 3. The van der Waals surface area contributed by atoms with E-state index >= 15 is 0 Å². The predicted molar refractivity (Wildman–Crippen MR) is 134 cm³/mol. The van der Waals surface area contributed by atoms with Crippen molar-refractivity contribution < 1.29 is 23.9 Å². The van der Waals surface area contributed by atoms with Gasteiger partial charge in [-0.05, 0) is 48.5 Å². The Morgan fingerprint density at radius 1 is 0.857 bits per heavy atom. The zero-order chi connectivity index (χ0) is 25.1. The van der Waals surface area contributed by atoms with Gasteiger partial charge >= 0.3 is 0 Å². The molecule has 0 spiro atoms. The molecular formula is C25H19Cl2N3O5. The minimum Gasteiger partial charge on any atom is -0.497 e. The van der Waals surface area contributed by atoms with E-state index in [4.69, 9.17) is 32.7 Å². The Hall–Kier alpha value is -4.01. The van der Waals surface area contributed by atoms with Crippen molar-refractivity contribution in [2.45, 2.75) is 0 Å². The van der Waals surface area contributed by atoms with Crippen LogP contribution in [0, 0.1) is 0 Å². The number of nitrogens with one attached hydrogen (secondary N) is 2. The topological polar surface area (TPSA) is 97.0 Å². The molecule has 2 N–H and O–H groups in total. The summed E-state index contributed by atoms with van der Waals surface area (Å²) in [4.78, 5) is 39.6. The first-order valence-corrected chi connectivity index (χ1v) is 11.0. The lowest BCUT2D eigenvalue weighted by Gasteiger charge is -2.18. The SMILES string of the molecule is COc1ccc(N2C(=O)C(Cl)=C(Nc3cccc(C(=O)Nc4cccc(Cl)c4)c3)C2=O)c(OC)c1. The van der Waals surface area contributed by atoms with Crippen LogP contribution in [0.2, 0.25) is 5.02 Å². The average Bonchev–Trinajstić information content (AvgIpc) is 3.06. The molecule has 3 amide bonds. The van der Waals surface area contributed by atoms with Crippen molar-refractivity contribution in [3.8, 4) is 11.5 Å². The molecule has 0 aromatic heterocycles. The van der Waals surface area contributed by atoms with Crippen molar-refractivity contribution >= 4 is 58.0 Å². The highest BCUT2D eigenvalue weighted by Crippen LogP contribution is 2.37. The lowest BCUT2D eigenvalue weighted by atomic mass is 10.1. The Balaban J connectivity index is 1.56. The number of hydrogen-bond acceptors (Lipinski definition) is 6. The maximum atomic E-state index is 13.2. The third-order valence-corrected chi connectivity index (χ3v) is 5.72. The molecule has 0 aliphatic carbocycles. The van der Waals surface area contributed by atoms with Gasteiger partial charge < -0.3 is 20.1 Å². The number of rotatable bonds is 7. The van der Waals surface area contributed by atoms with E-state index < -0.39 is 11.8 Å². The molecule has 0 fully saturated rings. The third kappa shape index (κ3) is 4.94. The van der Waals surface area contributed by atoms with Gasteiger partial charge in [-0.2, -0.15) is 0 Å².